The summed E-state index contributed by atoms with van der Waals surface area (Å²) in [5, 5.41) is 2.81. The summed E-state index contributed by atoms with van der Waals surface area (Å²) in [5.74, 6) is 1.47. The second-order valence-corrected chi connectivity index (χ2v) is 4.10. The van der Waals surface area contributed by atoms with Crippen LogP contribution in [0.25, 0.3) is 0 Å². The molecular weight excluding hydrogens is 206 g/mol. The van der Waals surface area contributed by atoms with E-state index >= 15 is 0 Å². The van der Waals surface area contributed by atoms with E-state index in [-0.39, 0.29) is 24.7 Å². The highest BCUT2D eigenvalue weighted by molar-refractivity contribution is 5.77. The molecule has 1 N–H and O–H groups in total. The lowest BCUT2D eigenvalue weighted by Crippen LogP contribution is -2.30. The number of hydrogen-bond donors (Lipinski definition) is 1. The SMILES string of the molecule is Cc1ccc(C(C)NC(=O)COC(C)C)o1. The molecule has 0 bridgehead atoms. The number of carbonyl (C=O) groups is 1. The van der Waals surface area contributed by atoms with Gasteiger partial charge in [-0.25, -0.2) is 0 Å². The van der Waals surface area contributed by atoms with E-state index in [0.29, 0.717) is 0 Å². The van der Waals surface area contributed by atoms with Gasteiger partial charge < -0.3 is 14.5 Å². The zero-order valence-electron chi connectivity index (χ0n) is 10.2. The van der Waals surface area contributed by atoms with Crippen LogP contribution in [0, 0.1) is 6.92 Å². The van der Waals surface area contributed by atoms with Crippen molar-refractivity contribution in [3.8, 4) is 0 Å². The van der Waals surface area contributed by atoms with Crippen molar-refractivity contribution in [3.63, 3.8) is 0 Å². The third-order valence-corrected chi connectivity index (χ3v) is 2.11. The first-order chi connectivity index (χ1) is 7.49. The van der Waals surface area contributed by atoms with Gasteiger partial charge in [0.05, 0.1) is 12.1 Å². The Morgan fingerprint density at radius 2 is 2.12 bits per heavy atom. The van der Waals surface area contributed by atoms with E-state index < -0.39 is 0 Å². The van der Waals surface area contributed by atoms with Gasteiger partial charge in [-0.05, 0) is 39.8 Å². The molecule has 0 aliphatic carbocycles. The standard InChI is InChI=1S/C12H19NO3/c1-8(2)15-7-12(14)13-10(4)11-6-5-9(3)16-11/h5-6,8,10H,7H2,1-4H3,(H,13,14). The van der Waals surface area contributed by atoms with Crippen LogP contribution in [0.1, 0.15) is 38.3 Å². The maximum Gasteiger partial charge on any atom is 0.246 e. The minimum Gasteiger partial charge on any atom is -0.464 e. The molecule has 1 unspecified atom stereocenters. The summed E-state index contributed by atoms with van der Waals surface area (Å²) in [7, 11) is 0. The number of rotatable bonds is 5. The monoisotopic (exact) mass is 225 g/mol. The minimum absolute atomic E-state index is 0.0620. The van der Waals surface area contributed by atoms with Crippen LogP contribution < -0.4 is 5.32 Å². The highest BCUT2D eigenvalue weighted by Gasteiger charge is 2.12. The molecule has 4 heteroatoms. The van der Waals surface area contributed by atoms with Crippen molar-refractivity contribution in [2.75, 3.05) is 6.61 Å². The zero-order chi connectivity index (χ0) is 12.1. The Morgan fingerprint density at radius 1 is 1.44 bits per heavy atom. The quantitative estimate of drug-likeness (QED) is 0.835. The van der Waals surface area contributed by atoms with Gasteiger partial charge in [0.25, 0.3) is 0 Å². The molecule has 1 heterocycles. The molecule has 1 atom stereocenters. The highest BCUT2D eigenvalue weighted by atomic mass is 16.5. The topological polar surface area (TPSA) is 51.5 Å². The van der Waals surface area contributed by atoms with Gasteiger partial charge in [0.15, 0.2) is 0 Å². The van der Waals surface area contributed by atoms with Gasteiger partial charge in [0, 0.05) is 0 Å². The Morgan fingerprint density at radius 3 is 2.62 bits per heavy atom. The molecule has 0 aromatic carbocycles. The first kappa shape index (κ1) is 12.8. The lowest BCUT2D eigenvalue weighted by molar-refractivity contribution is -0.127. The van der Waals surface area contributed by atoms with Crippen LogP contribution in [0.5, 0.6) is 0 Å². The molecule has 4 nitrogen and oxygen atoms in total. The molecule has 0 aliphatic heterocycles. The van der Waals surface area contributed by atoms with Crippen molar-refractivity contribution in [1.82, 2.24) is 5.32 Å². The van der Waals surface area contributed by atoms with E-state index in [1.807, 2.05) is 39.8 Å². The van der Waals surface area contributed by atoms with E-state index in [4.69, 9.17) is 9.15 Å². The summed E-state index contributed by atoms with van der Waals surface area (Å²) in [4.78, 5) is 11.5. The van der Waals surface area contributed by atoms with Gasteiger partial charge in [0.1, 0.15) is 18.1 Å². The van der Waals surface area contributed by atoms with Gasteiger partial charge in [-0.3, -0.25) is 4.79 Å². The number of nitrogens with one attached hydrogen (secondary N) is 1. The summed E-state index contributed by atoms with van der Waals surface area (Å²) >= 11 is 0. The predicted octanol–water partition coefficient (Wildman–Crippen LogP) is 2.19. The van der Waals surface area contributed by atoms with E-state index in [2.05, 4.69) is 5.32 Å². The fourth-order valence-electron chi connectivity index (χ4n) is 1.28. The Labute approximate surface area is 96.0 Å². The molecule has 0 aliphatic rings. The maximum atomic E-state index is 11.5. The zero-order valence-corrected chi connectivity index (χ0v) is 10.2. The highest BCUT2D eigenvalue weighted by Crippen LogP contribution is 2.15. The van der Waals surface area contributed by atoms with Crippen LogP contribution in [-0.4, -0.2) is 18.6 Å². The number of aryl methyl sites for hydroxylation is 1. The molecule has 90 valence electrons. The first-order valence-electron chi connectivity index (χ1n) is 5.46. The summed E-state index contributed by atoms with van der Waals surface area (Å²) in [6, 6.07) is 3.61. The molecule has 0 spiro atoms. The molecule has 0 fully saturated rings. The number of hydrogen-bond acceptors (Lipinski definition) is 3. The lowest BCUT2D eigenvalue weighted by Gasteiger charge is -2.12. The van der Waals surface area contributed by atoms with E-state index in [1.165, 1.54) is 0 Å². The molecule has 1 aromatic heterocycles. The fraction of sp³-hybridized carbons (Fsp3) is 0.583. The Bertz CT molecular complexity index is 344. The van der Waals surface area contributed by atoms with Crippen LogP contribution >= 0.6 is 0 Å². The normalized spacial score (nSPS) is 12.8. The lowest BCUT2D eigenvalue weighted by atomic mass is 10.2. The minimum atomic E-state index is -0.129. The van der Waals surface area contributed by atoms with Crippen LogP contribution in [0.2, 0.25) is 0 Å². The number of amides is 1. The van der Waals surface area contributed by atoms with Gasteiger partial charge in [-0.1, -0.05) is 0 Å². The summed E-state index contributed by atoms with van der Waals surface area (Å²) in [6.45, 7) is 7.63. The third-order valence-electron chi connectivity index (χ3n) is 2.11. The molecule has 0 saturated heterocycles. The molecule has 0 saturated carbocycles. The van der Waals surface area contributed by atoms with Crippen LogP contribution in [0.15, 0.2) is 16.5 Å². The molecule has 1 rings (SSSR count). The molecular formula is C12H19NO3. The van der Waals surface area contributed by atoms with Gasteiger partial charge in [0.2, 0.25) is 5.91 Å². The van der Waals surface area contributed by atoms with Crippen molar-refractivity contribution in [2.24, 2.45) is 0 Å². The molecule has 1 aromatic rings. The average Bonchev–Trinajstić information content (AvgIpc) is 2.62. The second-order valence-electron chi connectivity index (χ2n) is 4.10. The second kappa shape index (κ2) is 5.70. The largest absolute Gasteiger partial charge is 0.464 e. The van der Waals surface area contributed by atoms with Crippen molar-refractivity contribution in [2.45, 2.75) is 39.8 Å². The molecule has 1 amide bonds. The smallest absolute Gasteiger partial charge is 0.246 e. The van der Waals surface area contributed by atoms with Crippen molar-refractivity contribution < 1.29 is 13.9 Å². The van der Waals surface area contributed by atoms with Crippen LogP contribution in [0.3, 0.4) is 0 Å². The van der Waals surface area contributed by atoms with E-state index in [0.717, 1.165) is 11.5 Å². The van der Waals surface area contributed by atoms with Gasteiger partial charge in [-0.15, -0.1) is 0 Å². The Balaban J connectivity index is 2.39. The van der Waals surface area contributed by atoms with Crippen molar-refractivity contribution in [1.29, 1.82) is 0 Å². The summed E-state index contributed by atoms with van der Waals surface area (Å²) < 4.78 is 10.6. The maximum absolute atomic E-state index is 11.5. The summed E-state index contributed by atoms with van der Waals surface area (Å²) in [5.41, 5.74) is 0. The van der Waals surface area contributed by atoms with Crippen LogP contribution in [-0.2, 0) is 9.53 Å². The van der Waals surface area contributed by atoms with Crippen molar-refractivity contribution >= 4 is 5.91 Å². The predicted molar refractivity (Wildman–Crippen MR) is 61.1 cm³/mol. The van der Waals surface area contributed by atoms with E-state index in [1.54, 1.807) is 0 Å². The van der Waals surface area contributed by atoms with Gasteiger partial charge in [-0.2, -0.15) is 0 Å². The van der Waals surface area contributed by atoms with Crippen molar-refractivity contribution in [3.05, 3.63) is 23.7 Å². The van der Waals surface area contributed by atoms with E-state index in [9.17, 15) is 4.79 Å². The average molecular weight is 225 g/mol. The number of furan rings is 1. The Kier molecular flexibility index (Phi) is 4.55. The summed E-state index contributed by atoms with van der Waals surface area (Å²) in [6.07, 6.45) is 0.0620. The first-order valence-corrected chi connectivity index (χ1v) is 5.46. The number of ether oxygens (including phenoxy) is 1. The Hall–Kier alpha value is -1.29. The van der Waals surface area contributed by atoms with Gasteiger partial charge >= 0.3 is 0 Å². The third kappa shape index (κ3) is 4.06. The molecule has 16 heavy (non-hydrogen) atoms. The fourth-order valence-corrected chi connectivity index (χ4v) is 1.28. The number of carbonyl (C=O) groups excluding carboxylic acids is 1. The molecule has 0 radical (unpaired) electrons. The van der Waals surface area contributed by atoms with Crippen LogP contribution in [0.4, 0.5) is 0 Å².